The Kier molecular flexibility index (Phi) is 4.84. The maximum absolute atomic E-state index is 11.4. The topological polar surface area (TPSA) is 46.6 Å². The third-order valence-corrected chi connectivity index (χ3v) is 2.63. The van der Waals surface area contributed by atoms with E-state index in [4.69, 9.17) is 4.74 Å². The molecule has 0 unspecified atom stereocenters. The van der Waals surface area contributed by atoms with Crippen LogP contribution in [0.5, 0.6) is 0 Å². The molecule has 1 aliphatic rings. The van der Waals surface area contributed by atoms with Gasteiger partial charge in [0.1, 0.15) is 0 Å². The molecule has 1 heterocycles. The Bertz CT molecular complexity index is 319. The highest BCUT2D eigenvalue weighted by Crippen LogP contribution is 2.18. The molecule has 0 spiro atoms. The van der Waals surface area contributed by atoms with E-state index in [2.05, 4.69) is 11.8 Å². The van der Waals surface area contributed by atoms with E-state index in [0.29, 0.717) is 32.5 Å². The van der Waals surface area contributed by atoms with E-state index in [1.807, 2.05) is 0 Å². The fourth-order valence-electron chi connectivity index (χ4n) is 1.76. The number of amides is 1. The van der Waals surface area contributed by atoms with Crippen molar-refractivity contribution in [3.63, 3.8) is 0 Å². The van der Waals surface area contributed by atoms with Crippen molar-refractivity contribution >= 4 is 11.9 Å². The lowest BCUT2D eigenvalue weighted by Gasteiger charge is -2.29. The summed E-state index contributed by atoms with van der Waals surface area (Å²) in [7, 11) is 0. The van der Waals surface area contributed by atoms with Crippen molar-refractivity contribution in [3.05, 3.63) is 0 Å². The molecule has 0 atom stereocenters. The second-order valence-corrected chi connectivity index (χ2v) is 3.69. The molecule has 1 amide bonds. The summed E-state index contributed by atoms with van der Waals surface area (Å²) < 4.78 is 4.95. The van der Waals surface area contributed by atoms with Gasteiger partial charge >= 0.3 is 5.97 Å². The molecule has 0 aliphatic carbocycles. The molecular formula is C12H17NO3. The molecule has 1 saturated heterocycles. The number of hydrogen-bond donors (Lipinski definition) is 0. The van der Waals surface area contributed by atoms with Crippen molar-refractivity contribution in [1.29, 1.82) is 0 Å². The summed E-state index contributed by atoms with van der Waals surface area (Å²) in [5.41, 5.74) is 0. The lowest BCUT2D eigenvalue weighted by atomic mass is 9.97. The van der Waals surface area contributed by atoms with Crippen molar-refractivity contribution in [2.75, 3.05) is 19.7 Å². The minimum Gasteiger partial charge on any atom is -0.466 e. The molecule has 0 saturated carbocycles. The van der Waals surface area contributed by atoms with Crippen molar-refractivity contribution in [2.45, 2.75) is 26.7 Å². The third-order valence-electron chi connectivity index (χ3n) is 2.63. The van der Waals surface area contributed by atoms with E-state index in [1.54, 1.807) is 18.7 Å². The van der Waals surface area contributed by atoms with Crippen LogP contribution in [-0.2, 0) is 14.3 Å². The first kappa shape index (κ1) is 12.6. The molecule has 0 aromatic rings. The smallest absolute Gasteiger partial charge is 0.309 e. The van der Waals surface area contributed by atoms with Crippen molar-refractivity contribution in [3.8, 4) is 11.8 Å². The van der Waals surface area contributed by atoms with Gasteiger partial charge in [0, 0.05) is 13.1 Å². The highest BCUT2D eigenvalue weighted by Gasteiger charge is 2.27. The van der Waals surface area contributed by atoms with Gasteiger partial charge in [0.15, 0.2) is 0 Å². The normalized spacial score (nSPS) is 16.2. The summed E-state index contributed by atoms with van der Waals surface area (Å²) in [6.07, 6.45) is 1.35. The first-order chi connectivity index (χ1) is 7.69. The van der Waals surface area contributed by atoms with Crippen LogP contribution in [0.1, 0.15) is 26.7 Å². The number of rotatable bonds is 2. The zero-order chi connectivity index (χ0) is 12.0. The summed E-state index contributed by atoms with van der Waals surface area (Å²) in [6, 6.07) is 0. The van der Waals surface area contributed by atoms with Gasteiger partial charge in [-0.3, -0.25) is 9.59 Å². The van der Waals surface area contributed by atoms with Gasteiger partial charge < -0.3 is 9.64 Å². The summed E-state index contributed by atoms with van der Waals surface area (Å²) >= 11 is 0. The molecule has 4 heteroatoms. The second kappa shape index (κ2) is 6.16. The van der Waals surface area contributed by atoms with Crippen LogP contribution < -0.4 is 0 Å². The molecule has 0 bridgehead atoms. The number of carbonyl (C=O) groups is 2. The van der Waals surface area contributed by atoms with Gasteiger partial charge in [-0.15, -0.1) is 0 Å². The average molecular weight is 223 g/mol. The molecule has 0 aromatic carbocycles. The fourth-order valence-corrected chi connectivity index (χ4v) is 1.76. The maximum atomic E-state index is 11.4. The molecular weight excluding hydrogens is 206 g/mol. The molecule has 0 radical (unpaired) electrons. The molecule has 0 aromatic heterocycles. The summed E-state index contributed by atoms with van der Waals surface area (Å²) in [5, 5.41) is 0. The van der Waals surface area contributed by atoms with Crippen LogP contribution >= 0.6 is 0 Å². The Morgan fingerprint density at radius 3 is 2.50 bits per heavy atom. The minimum absolute atomic E-state index is 0.0569. The Hall–Kier alpha value is -1.50. The first-order valence-electron chi connectivity index (χ1n) is 5.57. The molecule has 88 valence electrons. The number of ether oxygens (including phenoxy) is 1. The van der Waals surface area contributed by atoms with Gasteiger partial charge in [-0.2, -0.15) is 0 Å². The molecule has 0 N–H and O–H groups in total. The second-order valence-electron chi connectivity index (χ2n) is 3.69. The van der Waals surface area contributed by atoms with Crippen molar-refractivity contribution < 1.29 is 14.3 Å². The van der Waals surface area contributed by atoms with Gasteiger partial charge in [0.25, 0.3) is 5.91 Å². The van der Waals surface area contributed by atoms with Crippen molar-refractivity contribution in [1.82, 2.24) is 4.90 Å². The van der Waals surface area contributed by atoms with E-state index in [9.17, 15) is 9.59 Å². The SMILES string of the molecule is CC#CC(=O)N1CCC(C(=O)OCC)CC1. The molecule has 4 nitrogen and oxygen atoms in total. The monoisotopic (exact) mass is 223 g/mol. The van der Waals surface area contributed by atoms with E-state index in [0.717, 1.165) is 0 Å². The number of esters is 1. The molecule has 1 aliphatic heterocycles. The number of carbonyl (C=O) groups excluding carboxylic acids is 2. The van der Waals surface area contributed by atoms with Gasteiger partial charge in [0.2, 0.25) is 0 Å². The lowest BCUT2D eigenvalue weighted by molar-refractivity contribution is -0.150. The largest absolute Gasteiger partial charge is 0.466 e. The van der Waals surface area contributed by atoms with E-state index in [1.165, 1.54) is 0 Å². The predicted octanol–water partition coefficient (Wildman–Crippen LogP) is 0.811. The Balaban J connectivity index is 2.41. The van der Waals surface area contributed by atoms with Crippen LogP contribution in [0.25, 0.3) is 0 Å². The van der Waals surface area contributed by atoms with E-state index >= 15 is 0 Å². The fraction of sp³-hybridized carbons (Fsp3) is 0.667. The third kappa shape index (κ3) is 3.27. The highest BCUT2D eigenvalue weighted by atomic mass is 16.5. The number of nitrogens with zero attached hydrogens (tertiary/aromatic N) is 1. The van der Waals surface area contributed by atoms with E-state index in [-0.39, 0.29) is 17.8 Å². The highest BCUT2D eigenvalue weighted by molar-refractivity contribution is 5.93. The van der Waals surface area contributed by atoms with Crippen LogP contribution in [0, 0.1) is 17.8 Å². The Labute approximate surface area is 95.9 Å². The standard InChI is InChI=1S/C12H17NO3/c1-3-5-11(14)13-8-6-10(7-9-13)12(15)16-4-2/h10H,4,6-9H2,1-2H3. The lowest BCUT2D eigenvalue weighted by Crippen LogP contribution is -2.40. The predicted molar refractivity (Wildman–Crippen MR) is 59.4 cm³/mol. The maximum Gasteiger partial charge on any atom is 0.309 e. The van der Waals surface area contributed by atoms with Crippen LogP contribution in [0.3, 0.4) is 0 Å². The summed E-state index contributed by atoms with van der Waals surface area (Å²) in [5.74, 6) is 4.74. The zero-order valence-electron chi connectivity index (χ0n) is 9.78. The number of likely N-dealkylation sites (tertiary alicyclic amines) is 1. The average Bonchev–Trinajstić information content (AvgIpc) is 2.30. The van der Waals surface area contributed by atoms with Crippen LogP contribution in [0.2, 0.25) is 0 Å². The Morgan fingerprint density at radius 2 is 2.00 bits per heavy atom. The van der Waals surface area contributed by atoms with Crippen LogP contribution in [0.15, 0.2) is 0 Å². The molecule has 1 rings (SSSR count). The van der Waals surface area contributed by atoms with E-state index < -0.39 is 0 Å². The van der Waals surface area contributed by atoms with Crippen LogP contribution in [-0.4, -0.2) is 36.5 Å². The van der Waals surface area contributed by atoms with Gasteiger partial charge in [0.05, 0.1) is 12.5 Å². The Morgan fingerprint density at radius 1 is 1.38 bits per heavy atom. The van der Waals surface area contributed by atoms with Crippen molar-refractivity contribution in [2.24, 2.45) is 5.92 Å². The van der Waals surface area contributed by atoms with Crippen LogP contribution in [0.4, 0.5) is 0 Å². The zero-order valence-corrected chi connectivity index (χ0v) is 9.78. The number of piperidine rings is 1. The summed E-state index contributed by atoms with van der Waals surface area (Å²) in [6.45, 7) is 5.05. The van der Waals surface area contributed by atoms with Gasteiger partial charge in [-0.05, 0) is 32.6 Å². The molecule has 1 fully saturated rings. The number of hydrogen-bond acceptors (Lipinski definition) is 3. The minimum atomic E-state index is -0.148. The quantitative estimate of drug-likeness (QED) is 0.514. The van der Waals surface area contributed by atoms with Gasteiger partial charge in [-0.1, -0.05) is 5.92 Å². The first-order valence-corrected chi connectivity index (χ1v) is 5.57. The summed E-state index contributed by atoms with van der Waals surface area (Å²) in [4.78, 5) is 24.6. The molecule has 16 heavy (non-hydrogen) atoms. The van der Waals surface area contributed by atoms with Gasteiger partial charge in [-0.25, -0.2) is 0 Å².